The molecule has 0 fully saturated rings. The second-order valence-corrected chi connectivity index (χ2v) is 20.8. The average molecular weight is 1060 g/mol. The number of rotatable bonds is 8. The molecule has 0 saturated heterocycles. The van der Waals surface area contributed by atoms with Crippen LogP contribution in [-0.4, -0.2) is 0 Å². The fourth-order valence-corrected chi connectivity index (χ4v) is 10.4. The molecule has 398 valence electrons. The molecular weight excluding hydrogens is 981 g/mol. The van der Waals surface area contributed by atoms with E-state index in [-0.39, 0.29) is 0 Å². The molecule has 12 aromatic rings. The lowest BCUT2D eigenvalue weighted by molar-refractivity contribution is -0.660. The Hall–Kier alpha value is -9.64. The van der Waals surface area contributed by atoms with Crippen LogP contribution >= 0.6 is 0 Å². The minimum Gasteiger partial charge on any atom is -0.201 e. The van der Waals surface area contributed by atoms with Crippen LogP contribution in [0.1, 0.15) is 27.8 Å². The Morgan fingerprint density at radius 2 is 0.568 bits per heavy atom. The van der Waals surface area contributed by atoms with E-state index in [9.17, 15) is 0 Å². The van der Waals surface area contributed by atoms with Crippen molar-refractivity contribution in [3.05, 3.63) is 313 Å². The van der Waals surface area contributed by atoms with Gasteiger partial charge in [-0.2, -0.15) is 0 Å². The average Bonchev–Trinajstić information content (AvgIpc) is 3.61. The number of hydrogen-bond acceptors (Lipinski definition) is 0. The van der Waals surface area contributed by atoms with Gasteiger partial charge in [0, 0.05) is 70.3 Å². The van der Waals surface area contributed by atoms with E-state index in [4.69, 9.17) is 0 Å². The molecule has 0 aliphatic rings. The van der Waals surface area contributed by atoms with E-state index in [1.165, 1.54) is 117 Å². The van der Waals surface area contributed by atoms with Gasteiger partial charge in [-0.05, 0) is 138 Å². The number of benzene rings is 8. The number of pyridine rings is 4. The summed E-state index contributed by atoms with van der Waals surface area (Å²) in [6.45, 7) is 10.8. The van der Waals surface area contributed by atoms with Crippen LogP contribution in [0.3, 0.4) is 0 Å². The molecule has 81 heavy (non-hydrogen) atoms. The van der Waals surface area contributed by atoms with Crippen molar-refractivity contribution in [2.24, 2.45) is 28.2 Å². The molecule has 0 aliphatic heterocycles. The first-order chi connectivity index (χ1) is 39.4. The molecule has 0 aliphatic carbocycles. The lowest BCUT2D eigenvalue weighted by atomic mass is 9.97. The summed E-state index contributed by atoms with van der Waals surface area (Å²) in [5, 5.41) is 0. The SMILES string of the molecule is Cc1cc(-c2ccccc2)ccc1-c1cccc[n+]1C.Cc1cc(-c2ccccc2C)[n+](C)cc1-c1ccccc1.Cc1ccc(-c2ccccc2)cc1-c1cccc[n+]1C.Cc1ccccc1-c1cc(-c2ccccc2)cc[n+]1C. The molecule has 12 rings (SSSR count). The smallest absolute Gasteiger partial charge is 0.201 e. The summed E-state index contributed by atoms with van der Waals surface area (Å²) in [5.74, 6) is 0. The van der Waals surface area contributed by atoms with E-state index in [0.717, 1.165) is 0 Å². The van der Waals surface area contributed by atoms with Crippen LogP contribution in [0.25, 0.3) is 89.5 Å². The summed E-state index contributed by atoms with van der Waals surface area (Å²) < 4.78 is 8.72. The van der Waals surface area contributed by atoms with Gasteiger partial charge in [0.05, 0.1) is 0 Å². The van der Waals surface area contributed by atoms with Crippen LogP contribution in [0.4, 0.5) is 0 Å². The topological polar surface area (TPSA) is 15.5 Å². The molecule has 8 aromatic carbocycles. The van der Waals surface area contributed by atoms with Crippen LogP contribution in [0.15, 0.2) is 286 Å². The number of hydrogen-bond donors (Lipinski definition) is 0. The zero-order chi connectivity index (χ0) is 56.7. The second kappa shape index (κ2) is 26.8. The van der Waals surface area contributed by atoms with Crippen molar-refractivity contribution in [3.8, 4) is 89.5 Å². The van der Waals surface area contributed by atoms with Gasteiger partial charge in [0.25, 0.3) is 0 Å². The van der Waals surface area contributed by atoms with Crippen molar-refractivity contribution in [3.63, 3.8) is 0 Å². The lowest BCUT2D eigenvalue weighted by Crippen LogP contribution is -2.31. The van der Waals surface area contributed by atoms with E-state index in [2.05, 4.69) is 367 Å². The van der Waals surface area contributed by atoms with Gasteiger partial charge in [0.2, 0.25) is 22.8 Å². The molecule has 0 spiro atoms. The summed E-state index contributed by atoms with van der Waals surface area (Å²) in [6, 6.07) is 91.8. The van der Waals surface area contributed by atoms with Crippen LogP contribution in [-0.2, 0) is 28.2 Å². The van der Waals surface area contributed by atoms with Crippen LogP contribution in [0.2, 0.25) is 0 Å². The molecule has 4 heterocycles. The highest BCUT2D eigenvalue weighted by atomic mass is 14.9. The van der Waals surface area contributed by atoms with E-state index in [1.807, 2.05) is 0 Å². The molecule has 4 aromatic heterocycles. The van der Waals surface area contributed by atoms with Crippen molar-refractivity contribution in [1.82, 2.24) is 0 Å². The summed E-state index contributed by atoms with van der Waals surface area (Å²) in [5.41, 5.74) is 26.7. The lowest BCUT2D eigenvalue weighted by Gasteiger charge is -2.09. The normalized spacial score (nSPS) is 10.5. The Morgan fingerprint density at radius 3 is 1.06 bits per heavy atom. The van der Waals surface area contributed by atoms with E-state index in [0.29, 0.717) is 0 Å². The monoisotopic (exact) mass is 1050 g/mol. The zero-order valence-electron chi connectivity index (χ0n) is 48.4. The maximum Gasteiger partial charge on any atom is 0.213 e. The maximum atomic E-state index is 2.28. The van der Waals surface area contributed by atoms with Crippen molar-refractivity contribution in [2.45, 2.75) is 34.6 Å². The molecule has 0 N–H and O–H groups in total. The fraction of sp³-hybridized carbons (Fsp3) is 0.117. The van der Waals surface area contributed by atoms with Crippen LogP contribution in [0.5, 0.6) is 0 Å². The van der Waals surface area contributed by atoms with Crippen LogP contribution < -0.4 is 18.3 Å². The molecule has 4 heteroatoms. The molecule has 0 radical (unpaired) electrons. The van der Waals surface area contributed by atoms with Gasteiger partial charge in [0.15, 0.2) is 24.8 Å². The predicted octanol–water partition coefficient (Wildman–Crippen LogP) is 16.9. The first-order valence-electron chi connectivity index (χ1n) is 27.9. The first-order valence-corrected chi connectivity index (χ1v) is 27.9. The first kappa shape index (κ1) is 56.1. The summed E-state index contributed by atoms with van der Waals surface area (Å²) in [4.78, 5) is 0. The van der Waals surface area contributed by atoms with Gasteiger partial charge in [-0.3, -0.25) is 0 Å². The van der Waals surface area contributed by atoms with Gasteiger partial charge in [-0.25, -0.2) is 18.3 Å². The molecule has 0 bridgehead atoms. The number of nitrogens with zero attached hydrogens (tertiary/aromatic N) is 4. The summed E-state index contributed by atoms with van der Waals surface area (Å²) in [7, 11) is 8.38. The maximum absolute atomic E-state index is 2.28. The van der Waals surface area contributed by atoms with Gasteiger partial charge in [0.1, 0.15) is 28.2 Å². The van der Waals surface area contributed by atoms with Gasteiger partial charge < -0.3 is 0 Å². The summed E-state index contributed by atoms with van der Waals surface area (Å²) in [6.07, 6.45) is 8.53. The van der Waals surface area contributed by atoms with Gasteiger partial charge >= 0.3 is 0 Å². The standard InChI is InChI=1S/C20H20N.3C19H18N/c1-15-9-7-8-12-18(15)20-13-16(2)19(14-21(20)3)17-10-5-4-6-11-17;1-15-8-6-7-11-18(15)19-14-17(12-13-20(19)2)16-9-4-3-5-10-16;1-15-14-17(16-8-4-3-5-9-16)11-12-18(15)19-10-6-7-13-20(19)2;1-15-11-12-17(16-8-4-3-5-9-16)14-18(15)19-10-6-7-13-20(19)2/h4-14H,1-3H3;3*3-14H,1-2H3/q4*+1. The summed E-state index contributed by atoms with van der Waals surface area (Å²) >= 11 is 0. The molecule has 0 saturated carbocycles. The highest BCUT2D eigenvalue weighted by Crippen LogP contribution is 2.31. The minimum absolute atomic E-state index is 1.24. The van der Waals surface area contributed by atoms with Crippen molar-refractivity contribution < 1.29 is 18.3 Å². The molecule has 0 unspecified atom stereocenters. The highest BCUT2D eigenvalue weighted by Gasteiger charge is 2.18. The third kappa shape index (κ3) is 14.0. The zero-order valence-corrected chi connectivity index (χ0v) is 48.4. The molecule has 0 atom stereocenters. The third-order valence-electron chi connectivity index (χ3n) is 15.0. The second-order valence-electron chi connectivity index (χ2n) is 20.8. The molecular formula is C77H74N4+4. The van der Waals surface area contributed by atoms with E-state index in [1.54, 1.807) is 0 Å². The van der Waals surface area contributed by atoms with Crippen molar-refractivity contribution >= 4 is 0 Å². The van der Waals surface area contributed by atoms with E-state index < -0.39 is 0 Å². The molecule has 4 nitrogen and oxygen atoms in total. The van der Waals surface area contributed by atoms with Gasteiger partial charge in [-0.1, -0.05) is 182 Å². The largest absolute Gasteiger partial charge is 0.213 e. The Kier molecular flexibility index (Phi) is 18.6. The van der Waals surface area contributed by atoms with Crippen molar-refractivity contribution in [2.75, 3.05) is 0 Å². The van der Waals surface area contributed by atoms with Crippen molar-refractivity contribution in [1.29, 1.82) is 0 Å². The van der Waals surface area contributed by atoms with Gasteiger partial charge in [-0.15, -0.1) is 0 Å². The quantitative estimate of drug-likeness (QED) is 0.135. The highest BCUT2D eigenvalue weighted by molar-refractivity contribution is 5.74. The number of aromatic nitrogens is 4. The van der Waals surface area contributed by atoms with Crippen LogP contribution in [0, 0.1) is 34.6 Å². The Labute approximate surface area is 481 Å². The Bertz CT molecular complexity index is 3890. The third-order valence-corrected chi connectivity index (χ3v) is 15.0. The predicted molar refractivity (Wildman–Crippen MR) is 338 cm³/mol. The Balaban J connectivity index is 0.000000130. The minimum atomic E-state index is 1.24. The fourth-order valence-electron chi connectivity index (χ4n) is 10.4. The van der Waals surface area contributed by atoms with E-state index >= 15 is 0 Å². The molecule has 0 amide bonds. The number of aryl methyl sites for hydroxylation is 9. The Morgan fingerprint density at radius 1 is 0.198 bits per heavy atom.